The first-order valence-electron chi connectivity index (χ1n) is 11.4. The van der Waals surface area contributed by atoms with Gasteiger partial charge >= 0.3 is 0 Å². The topological polar surface area (TPSA) is 75.7 Å². The van der Waals surface area contributed by atoms with Crippen molar-refractivity contribution >= 4 is 15.9 Å². The number of carbonyl (C=O) groups is 1. The van der Waals surface area contributed by atoms with E-state index in [1.54, 1.807) is 6.07 Å². The Morgan fingerprint density at radius 3 is 2.56 bits per heavy atom. The van der Waals surface area contributed by atoms with Crippen molar-refractivity contribution in [1.82, 2.24) is 9.62 Å². The SMILES string of the molecule is Cc1ccc(OCCNC(=O)C2CCN(S(=O)(=O)c3ccc4c(c3)CCC4)CC2)c(C)c1. The maximum Gasteiger partial charge on any atom is 0.243 e. The first-order chi connectivity index (χ1) is 15.3. The van der Waals surface area contributed by atoms with Crippen LogP contribution in [0.25, 0.3) is 0 Å². The normalized spacial score (nSPS) is 17.2. The molecule has 2 aromatic rings. The molecule has 1 fully saturated rings. The van der Waals surface area contributed by atoms with Gasteiger partial charge in [-0.1, -0.05) is 23.8 Å². The predicted octanol–water partition coefficient (Wildman–Crippen LogP) is 3.39. The molecule has 1 N–H and O–H groups in total. The van der Waals surface area contributed by atoms with Gasteiger partial charge < -0.3 is 10.1 Å². The molecule has 7 heteroatoms. The molecule has 1 heterocycles. The smallest absolute Gasteiger partial charge is 0.243 e. The zero-order valence-electron chi connectivity index (χ0n) is 18.9. The summed E-state index contributed by atoms with van der Waals surface area (Å²) < 4.78 is 33.4. The lowest BCUT2D eigenvalue weighted by atomic mass is 9.97. The van der Waals surface area contributed by atoms with E-state index in [0.717, 1.165) is 36.1 Å². The zero-order chi connectivity index (χ0) is 22.7. The average molecular weight is 457 g/mol. The molecular formula is C25H32N2O4S. The third-order valence-corrected chi connectivity index (χ3v) is 8.42. The number of hydrogen-bond donors (Lipinski definition) is 1. The first-order valence-corrected chi connectivity index (χ1v) is 12.9. The molecule has 6 nitrogen and oxygen atoms in total. The number of carbonyl (C=O) groups excluding carboxylic acids is 1. The van der Waals surface area contributed by atoms with E-state index in [4.69, 9.17) is 4.74 Å². The number of nitrogens with one attached hydrogen (secondary N) is 1. The van der Waals surface area contributed by atoms with Crippen molar-refractivity contribution in [3.05, 3.63) is 58.7 Å². The standard InChI is InChI=1S/C25H32N2O4S/c1-18-6-9-24(19(2)16-18)31-15-12-26-25(28)21-10-13-27(14-11-21)32(29,30)23-8-7-20-4-3-5-22(20)17-23/h6-9,16-17,21H,3-5,10-15H2,1-2H3,(H,26,28). The van der Waals surface area contributed by atoms with Crippen molar-refractivity contribution in [2.24, 2.45) is 5.92 Å². The van der Waals surface area contributed by atoms with Crippen molar-refractivity contribution in [1.29, 1.82) is 0 Å². The Bertz CT molecular complexity index is 1090. The van der Waals surface area contributed by atoms with Gasteiger partial charge in [0, 0.05) is 19.0 Å². The van der Waals surface area contributed by atoms with Crippen LogP contribution in [-0.2, 0) is 27.7 Å². The lowest BCUT2D eigenvalue weighted by molar-refractivity contribution is -0.126. The first kappa shape index (κ1) is 22.8. The highest BCUT2D eigenvalue weighted by molar-refractivity contribution is 7.89. The summed E-state index contributed by atoms with van der Waals surface area (Å²) in [7, 11) is -3.51. The van der Waals surface area contributed by atoms with Gasteiger partial charge in [-0.3, -0.25) is 4.79 Å². The van der Waals surface area contributed by atoms with E-state index in [9.17, 15) is 13.2 Å². The minimum Gasteiger partial charge on any atom is -0.491 e. The molecule has 2 aliphatic rings. The van der Waals surface area contributed by atoms with Crippen LogP contribution in [0.15, 0.2) is 41.3 Å². The van der Waals surface area contributed by atoms with Crippen LogP contribution in [-0.4, -0.2) is 44.9 Å². The van der Waals surface area contributed by atoms with Gasteiger partial charge in [0.25, 0.3) is 0 Å². The highest BCUT2D eigenvalue weighted by Crippen LogP contribution is 2.28. The average Bonchev–Trinajstić information content (AvgIpc) is 3.26. The van der Waals surface area contributed by atoms with Gasteiger partial charge in [0.2, 0.25) is 15.9 Å². The fraction of sp³-hybridized carbons (Fsp3) is 0.480. The number of sulfonamides is 1. The van der Waals surface area contributed by atoms with Crippen LogP contribution in [0.2, 0.25) is 0 Å². The zero-order valence-corrected chi connectivity index (χ0v) is 19.7. The molecule has 0 aromatic heterocycles. The molecule has 1 aliphatic heterocycles. The minimum atomic E-state index is -3.51. The van der Waals surface area contributed by atoms with Gasteiger partial charge in [0.15, 0.2) is 0 Å². The quantitative estimate of drug-likeness (QED) is 0.648. The summed E-state index contributed by atoms with van der Waals surface area (Å²) in [5, 5.41) is 2.94. The molecule has 1 amide bonds. The van der Waals surface area contributed by atoms with Crippen LogP contribution >= 0.6 is 0 Å². The maximum atomic E-state index is 13.1. The van der Waals surface area contributed by atoms with Crippen molar-refractivity contribution in [2.45, 2.75) is 50.8 Å². The Morgan fingerprint density at radius 2 is 1.81 bits per heavy atom. The number of amides is 1. The number of fused-ring (bicyclic) bond motifs is 1. The number of rotatable bonds is 7. The van der Waals surface area contributed by atoms with Gasteiger partial charge in [-0.15, -0.1) is 0 Å². The molecule has 0 radical (unpaired) electrons. The highest BCUT2D eigenvalue weighted by atomic mass is 32.2. The van der Waals surface area contributed by atoms with E-state index in [1.807, 2.05) is 38.1 Å². The van der Waals surface area contributed by atoms with Crippen LogP contribution in [0.5, 0.6) is 5.75 Å². The molecule has 2 aromatic carbocycles. The molecule has 1 aliphatic carbocycles. The summed E-state index contributed by atoms with van der Waals surface area (Å²) >= 11 is 0. The Labute approximate surface area is 191 Å². The number of ether oxygens (including phenoxy) is 1. The van der Waals surface area contributed by atoms with Gasteiger partial charge in [-0.05, 0) is 80.8 Å². The summed E-state index contributed by atoms with van der Waals surface area (Å²) in [6.45, 7) is 5.62. The number of nitrogens with zero attached hydrogens (tertiary/aromatic N) is 1. The molecule has 0 saturated carbocycles. The second kappa shape index (κ2) is 9.63. The maximum absolute atomic E-state index is 13.1. The number of piperidine rings is 1. The van der Waals surface area contributed by atoms with Crippen LogP contribution in [0.4, 0.5) is 0 Å². The van der Waals surface area contributed by atoms with Crippen LogP contribution in [0.1, 0.15) is 41.5 Å². The Balaban J connectivity index is 1.24. The highest BCUT2D eigenvalue weighted by Gasteiger charge is 2.32. The van der Waals surface area contributed by atoms with Gasteiger partial charge in [0.1, 0.15) is 12.4 Å². The largest absolute Gasteiger partial charge is 0.491 e. The van der Waals surface area contributed by atoms with Crippen molar-refractivity contribution in [2.75, 3.05) is 26.2 Å². The van der Waals surface area contributed by atoms with Crippen LogP contribution < -0.4 is 10.1 Å². The van der Waals surface area contributed by atoms with E-state index < -0.39 is 10.0 Å². The van der Waals surface area contributed by atoms with Crippen LogP contribution in [0, 0.1) is 19.8 Å². The summed E-state index contributed by atoms with van der Waals surface area (Å²) in [5.41, 5.74) is 4.69. The van der Waals surface area contributed by atoms with Gasteiger partial charge in [-0.2, -0.15) is 4.31 Å². The lowest BCUT2D eigenvalue weighted by Gasteiger charge is -2.30. The predicted molar refractivity (Wildman–Crippen MR) is 124 cm³/mol. The molecular weight excluding hydrogens is 424 g/mol. The number of benzene rings is 2. The lowest BCUT2D eigenvalue weighted by Crippen LogP contribution is -2.43. The number of aryl methyl sites for hydroxylation is 4. The molecule has 32 heavy (non-hydrogen) atoms. The van der Waals surface area contributed by atoms with E-state index in [0.29, 0.717) is 44.0 Å². The fourth-order valence-corrected chi connectivity index (χ4v) is 6.18. The fourth-order valence-electron chi connectivity index (χ4n) is 4.66. The molecule has 0 unspecified atom stereocenters. The minimum absolute atomic E-state index is 0.0243. The van der Waals surface area contributed by atoms with E-state index in [-0.39, 0.29) is 11.8 Å². The van der Waals surface area contributed by atoms with E-state index in [1.165, 1.54) is 15.4 Å². The summed E-state index contributed by atoms with van der Waals surface area (Å²) in [5.74, 6) is 0.640. The van der Waals surface area contributed by atoms with E-state index >= 15 is 0 Å². The molecule has 4 rings (SSSR count). The number of hydrogen-bond acceptors (Lipinski definition) is 4. The molecule has 0 bridgehead atoms. The molecule has 0 spiro atoms. The Hall–Kier alpha value is -2.38. The van der Waals surface area contributed by atoms with E-state index in [2.05, 4.69) is 11.4 Å². The molecule has 0 atom stereocenters. The van der Waals surface area contributed by atoms with Gasteiger partial charge in [0.05, 0.1) is 11.4 Å². The Morgan fingerprint density at radius 1 is 1.06 bits per heavy atom. The Kier molecular flexibility index (Phi) is 6.86. The third kappa shape index (κ3) is 4.99. The molecule has 1 saturated heterocycles. The summed E-state index contributed by atoms with van der Waals surface area (Å²) in [6, 6.07) is 11.5. The third-order valence-electron chi connectivity index (χ3n) is 6.52. The van der Waals surface area contributed by atoms with Crippen molar-refractivity contribution in [3.8, 4) is 5.75 Å². The van der Waals surface area contributed by atoms with Gasteiger partial charge in [-0.25, -0.2) is 8.42 Å². The van der Waals surface area contributed by atoms with Crippen molar-refractivity contribution in [3.63, 3.8) is 0 Å². The second-order valence-corrected chi connectivity index (χ2v) is 10.8. The van der Waals surface area contributed by atoms with Crippen LogP contribution in [0.3, 0.4) is 0 Å². The molecule has 172 valence electrons. The summed E-state index contributed by atoms with van der Waals surface area (Å²) in [4.78, 5) is 12.9. The monoisotopic (exact) mass is 456 g/mol. The van der Waals surface area contributed by atoms with Crippen molar-refractivity contribution < 1.29 is 17.9 Å². The second-order valence-electron chi connectivity index (χ2n) is 8.87. The summed E-state index contributed by atoms with van der Waals surface area (Å²) in [6.07, 6.45) is 4.15.